The minimum absolute atomic E-state index is 0.0694. The van der Waals surface area contributed by atoms with Crippen LogP contribution >= 0.6 is 15.9 Å². The molecule has 0 radical (unpaired) electrons. The Kier molecular flexibility index (Phi) is 3.47. The molecule has 0 spiro atoms. The molecule has 0 saturated carbocycles. The largest absolute Gasteiger partial charge is 0.487 e. The Morgan fingerprint density at radius 2 is 1.90 bits per heavy atom. The highest BCUT2D eigenvalue weighted by atomic mass is 79.9. The smallest absolute Gasteiger partial charge is 0.123 e. The number of halogens is 1. The Morgan fingerprint density at radius 1 is 1.15 bits per heavy atom. The van der Waals surface area contributed by atoms with E-state index in [1.54, 1.807) is 0 Å². The van der Waals surface area contributed by atoms with Gasteiger partial charge in [-0.1, -0.05) is 28.1 Å². The Hall–Kier alpha value is -1.48. The lowest BCUT2D eigenvalue weighted by Gasteiger charge is -2.16. The Morgan fingerprint density at radius 3 is 2.65 bits per heavy atom. The van der Waals surface area contributed by atoms with Gasteiger partial charge in [0.1, 0.15) is 11.4 Å². The molecule has 0 bridgehead atoms. The van der Waals surface area contributed by atoms with Crippen molar-refractivity contribution in [3.63, 3.8) is 0 Å². The number of ether oxygens (including phenoxy) is 1. The van der Waals surface area contributed by atoms with Crippen LogP contribution < -0.4 is 10.1 Å². The number of hydrogen-bond donors (Lipinski definition) is 1. The third kappa shape index (κ3) is 2.98. The van der Waals surface area contributed by atoms with E-state index >= 15 is 0 Å². The highest BCUT2D eigenvalue weighted by Gasteiger charge is 2.29. The molecule has 20 heavy (non-hydrogen) atoms. The maximum Gasteiger partial charge on any atom is 0.123 e. The third-order valence-electron chi connectivity index (χ3n) is 3.47. The molecule has 2 nitrogen and oxygen atoms in total. The molecule has 0 unspecified atom stereocenters. The average Bonchev–Trinajstić information content (AvgIpc) is 2.71. The predicted octanol–water partition coefficient (Wildman–Crippen LogP) is 4.77. The van der Waals surface area contributed by atoms with E-state index in [9.17, 15) is 0 Å². The number of anilines is 1. The van der Waals surface area contributed by atoms with Gasteiger partial charge < -0.3 is 10.1 Å². The van der Waals surface area contributed by atoms with Crippen LogP contribution in [0.3, 0.4) is 0 Å². The molecular weight excluding hydrogens is 314 g/mol. The molecule has 0 aromatic heterocycles. The molecule has 1 aliphatic heterocycles. The van der Waals surface area contributed by atoms with Gasteiger partial charge in [-0.15, -0.1) is 0 Å². The van der Waals surface area contributed by atoms with Crippen molar-refractivity contribution < 1.29 is 4.74 Å². The number of benzene rings is 2. The summed E-state index contributed by atoms with van der Waals surface area (Å²) in [6.45, 7) is 5.09. The SMILES string of the molecule is CC1(C)Cc2cc(CNc3ccc(Br)cc3)ccc2O1. The van der Waals surface area contributed by atoms with E-state index in [0.29, 0.717) is 0 Å². The molecule has 1 heterocycles. The van der Waals surface area contributed by atoms with Crippen molar-refractivity contribution in [3.05, 3.63) is 58.1 Å². The van der Waals surface area contributed by atoms with Crippen LogP contribution in [0.2, 0.25) is 0 Å². The van der Waals surface area contributed by atoms with Gasteiger partial charge in [0, 0.05) is 23.1 Å². The molecule has 0 atom stereocenters. The van der Waals surface area contributed by atoms with Crippen LogP contribution in [0.5, 0.6) is 5.75 Å². The summed E-state index contributed by atoms with van der Waals surface area (Å²) in [6.07, 6.45) is 0.981. The minimum Gasteiger partial charge on any atom is -0.487 e. The highest BCUT2D eigenvalue weighted by molar-refractivity contribution is 9.10. The predicted molar refractivity (Wildman–Crippen MR) is 86.3 cm³/mol. The fourth-order valence-corrected chi connectivity index (χ4v) is 2.81. The summed E-state index contributed by atoms with van der Waals surface area (Å²) < 4.78 is 7.00. The first-order valence-electron chi connectivity index (χ1n) is 6.82. The van der Waals surface area contributed by atoms with Crippen LogP contribution in [0.15, 0.2) is 46.9 Å². The van der Waals surface area contributed by atoms with Crippen molar-refractivity contribution in [2.75, 3.05) is 5.32 Å². The van der Waals surface area contributed by atoms with Crippen molar-refractivity contribution in [2.24, 2.45) is 0 Å². The fraction of sp³-hybridized carbons (Fsp3) is 0.294. The van der Waals surface area contributed by atoms with Gasteiger partial charge in [-0.2, -0.15) is 0 Å². The summed E-state index contributed by atoms with van der Waals surface area (Å²) in [5, 5.41) is 3.44. The second-order valence-corrected chi connectivity index (χ2v) is 6.76. The molecule has 104 valence electrons. The Balaban J connectivity index is 1.69. The van der Waals surface area contributed by atoms with Crippen LogP contribution in [0.4, 0.5) is 5.69 Å². The topological polar surface area (TPSA) is 21.3 Å². The van der Waals surface area contributed by atoms with E-state index in [4.69, 9.17) is 4.74 Å². The first-order valence-corrected chi connectivity index (χ1v) is 7.61. The zero-order valence-corrected chi connectivity index (χ0v) is 13.3. The van der Waals surface area contributed by atoms with Gasteiger partial charge in [-0.25, -0.2) is 0 Å². The Bertz CT molecular complexity index is 619. The summed E-state index contributed by atoms with van der Waals surface area (Å²) in [4.78, 5) is 0. The molecule has 0 aliphatic carbocycles. The molecule has 2 aromatic carbocycles. The highest BCUT2D eigenvalue weighted by Crippen LogP contribution is 2.35. The van der Waals surface area contributed by atoms with Gasteiger partial charge in [0.2, 0.25) is 0 Å². The van der Waals surface area contributed by atoms with Gasteiger partial charge in [-0.3, -0.25) is 0 Å². The van der Waals surface area contributed by atoms with Crippen molar-refractivity contribution in [1.82, 2.24) is 0 Å². The molecule has 2 aromatic rings. The molecule has 0 amide bonds. The molecule has 1 aliphatic rings. The lowest BCUT2D eigenvalue weighted by atomic mass is 10.0. The maximum atomic E-state index is 5.90. The van der Waals surface area contributed by atoms with Crippen molar-refractivity contribution in [2.45, 2.75) is 32.4 Å². The first-order chi connectivity index (χ1) is 9.52. The second-order valence-electron chi connectivity index (χ2n) is 5.84. The first kappa shape index (κ1) is 13.5. The molecule has 3 heteroatoms. The molecular formula is C17H18BrNO. The van der Waals surface area contributed by atoms with Crippen LogP contribution in [-0.2, 0) is 13.0 Å². The van der Waals surface area contributed by atoms with Gasteiger partial charge >= 0.3 is 0 Å². The number of hydrogen-bond acceptors (Lipinski definition) is 2. The van der Waals surface area contributed by atoms with E-state index in [1.807, 2.05) is 12.1 Å². The van der Waals surface area contributed by atoms with Crippen molar-refractivity contribution in [3.8, 4) is 5.75 Å². The summed E-state index contributed by atoms with van der Waals surface area (Å²) in [5.74, 6) is 1.03. The summed E-state index contributed by atoms with van der Waals surface area (Å²) in [5.41, 5.74) is 3.66. The van der Waals surface area contributed by atoms with E-state index in [0.717, 1.165) is 28.9 Å². The molecule has 0 saturated heterocycles. The molecule has 1 N–H and O–H groups in total. The normalized spacial score (nSPS) is 15.6. The molecule has 3 rings (SSSR count). The second kappa shape index (κ2) is 5.13. The van der Waals surface area contributed by atoms with E-state index in [-0.39, 0.29) is 5.60 Å². The number of fused-ring (bicyclic) bond motifs is 1. The van der Waals surface area contributed by atoms with E-state index in [1.165, 1.54) is 11.1 Å². The zero-order valence-electron chi connectivity index (χ0n) is 11.7. The standard InChI is InChI=1S/C17H18BrNO/c1-17(2)10-13-9-12(3-8-16(13)20-17)11-19-15-6-4-14(18)5-7-15/h3-9,19H,10-11H2,1-2H3. The minimum atomic E-state index is -0.0694. The summed E-state index contributed by atoms with van der Waals surface area (Å²) in [7, 11) is 0. The molecule has 0 fully saturated rings. The average molecular weight is 332 g/mol. The lowest BCUT2D eigenvalue weighted by molar-refractivity contribution is 0.138. The maximum absolute atomic E-state index is 5.90. The van der Waals surface area contributed by atoms with Gasteiger partial charge in [0.05, 0.1) is 0 Å². The lowest BCUT2D eigenvalue weighted by Crippen LogP contribution is -2.24. The van der Waals surface area contributed by atoms with Crippen LogP contribution in [-0.4, -0.2) is 5.60 Å². The van der Waals surface area contributed by atoms with Crippen molar-refractivity contribution >= 4 is 21.6 Å². The summed E-state index contributed by atoms with van der Waals surface area (Å²) in [6, 6.07) is 14.7. The number of nitrogens with one attached hydrogen (secondary N) is 1. The van der Waals surface area contributed by atoms with E-state index in [2.05, 4.69) is 65.4 Å². The van der Waals surface area contributed by atoms with E-state index < -0.39 is 0 Å². The third-order valence-corrected chi connectivity index (χ3v) is 4.00. The van der Waals surface area contributed by atoms with Crippen LogP contribution in [0.25, 0.3) is 0 Å². The summed E-state index contributed by atoms with van der Waals surface area (Å²) >= 11 is 3.44. The van der Waals surface area contributed by atoms with Crippen LogP contribution in [0, 0.1) is 0 Å². The fourth-order valence-electron chi connectivity index (χ4n) is 2.54. The number of rotatable bonds is 3. The van der Waals surface area contributed by atoms with Gasteiger partial charge in [-0.05, 0) is 55.3 Å². The van der Waals surface area contributed by atoms with Crippen LogP contribution in [0.1, 0.15) is 25.0 Å². The zero-order chi connectivity index (χ0) is 14.2. The quantitative estimate of drug-likeness (QED) is 0.874. The van der Waals surface area contributed by atoms with Gasteiger partial charge in [0.15, 0.2) is 0 Å². The van der Waals surface area contributed by atoms with Crippen molar-refractivity contribution in [1.29, 1.82) is 0 Å². The Labute approximate surface area is 128 Å². The monoisotopic (exact) mass is 331 g/mol. The van der Waals surface area contributed by atoms with Gasteiger partial charge in [0.25, 0.3) is 0 Å².